The van der Waals surface area contributed by atoms with Crippen molar-refractivity contribution in [2.75, 3.05) is 14.2 Å². The molecule has 122 heavy (non-hydrogen) atoms. The summed E-state index contributed by atoms with van der Waals surface area (Å²) in [5, 5.41) is 14.9. The number of halogens is 8. The minimum atomic E-state index is -4.60. The van der Waals surface area contributed by atoms with E-state index < -0.39 is 29.6 Å². The first kappa shape index (κ1) is 81.7. The molecule has 0 bridgehead atoms. The molecule has 19 aromatic rings. The van der Waals surface area contributed by atoms with Crippen LogP contribution in [0.1, 0.15) is 62.1 Å². The molecule has 0 fully saturated rings. The maximum absolute atomic E-state index is 14.7. The van der Waals surface area contributed by atoms with E-state index in [0.29, 0.717) is 50.4 Å². The number of Topliss-reactive ketones (excluding diaryl/α,β-unsaturated/α-hetero) is 1. The van der Waals surface area contributed by atoms with Gasteiger partial charge in [-0.2, -0.15) is 41.6 Å². The molecule has 608 valence electrons. The monoisotopic (exact) mass is 1670 g/mol. The quantitative estimate of drug-likeness (QED) is 0.0911. The molecule has 0 saturated heterocycles. The molecule has 12 aromatic carbocycles. The van der Waals surface area contributed by atoms with Crippen molar-refractivity contribution in [1.29, 1.82) is 0 Å². The Kier molecular flexibility index (Phi) is 23.0. The average Bonchev–Trinajstić information content (AvgIpc) is 1.58. The summed E-state index contributed by atoms with van der Waals surface area (Å²) in [5.41, 5.74) is 18.7. The van der Waals surface area contributed by atoms with Gasteiger partial charge in [-0.1, -0.05) is 221 Å². The number of hydrogen-bond donors (Lipinski definition) is 0. The smallest absolute Gasteiger partial charge is 0.436 e. The summed E-state index contributed by atoms with van der Waals surface area (Å²) in [6.45, 7) is 11.6. The summed E-state index contributed by atoms with van der Waals surface area (Å²) in [7, 11) is 2.91. The summed E-state index contributed by atoms with van der Waals surface area (Å²) in [6.07, 6.45) is -5.65. The first-order chi connectivity index (χ1) is 58.9. The normalized spacial score (nSPS) is 11.7. The van der Waals surface area contributed by atoms with Crippen molar-refractivity contribution < 1.29 is 53.8 Å². The highest BCUT2D eigenvalue weighted by Gasteiger charge is 2.43. The van der Waals surface area contributed by atoms with E-state index in [1.165, 1.54) is 80.4 Å². The Labute approximate surface area is 704 Å². The number of para-hydroxylation sites is 1. The molecule has 23 heteroatoms. The third-order valence-electron chi connectivity index (χ3n) is 20.8. The van der Waals surface area contributed by atoms with Crippen LogP contribution in [0.4, 0.5) is 35.1 Å². The lowest BCUT2D eigenvalue weighted by Gasteiger charge is -2.20. The van der Waals surface area contributed by atoms with Crippen molar-refractivity contribution >= 4 is 72.1 Å². The number of carbonyl (C=O) groups excluding carboxylic acids is 1. The van der Waals surface area contributed by atoms with Gasteiger partial charge in [0.15, 0.2) is 28.7 Å². The predicted octanol–water partition coefficient (Wildman–Crippen LogP) is 27.0. The van der Waals surface area contributed by atoms with E-state index in [1.807, 2.05) is 103 Å². The number of fused-ring (bicyclic) bond motifs is 9. The number of aromatic nitrogens is 9. The number of methoxy groups -OCH3 is 2. The number of ether oxygens (including phenoxy) is 2. The fourth-order valence-corrected chi connectivity index (χ4v) is 16.9. The van der Waals surface area contributed by atoms with E-state index in [1.54, 1.807) is 110 Å². The molecule has 0 atom stereocenters. The summed E-state index contributed by atoms with van der Waals surface area (Å²) < 4.78 is 132. The largest absolute Gasteiger partial charge is 0.497 e. The number of alkyl halides is 6. The summed E-state index contributed by atoms with van der Waals surface area (Å²) in [4.78, 5) is 23.3. The summed E-state index contributed by atoms with van der Waals surface area (Å²) in [5.74, 6) is 0.842. The number of carbonyl (C=O) groups is 1. The van der Waals surface area contributed by atoms with E-state index in [2.05, 4.69) is 143 Å². The second kappa shape index (κ2) is 34.4. The number of imidazole rings is 1. The van der Waals surface area contributed by atoms with Crippen LogP contribution in [0.25, 0.3) is 133 Å². The predicted molar refractivity (Wildman–Crippen MR) is 469 cm³/mol. The second-order valence-corrected chi connectivity index (χ2v) is 31.1. The van der Waals surface area contributed by atoms with Gasteiger partial charge in [0.1, 0.15) is 34.9 Å². The molecule has 0 unspecified atom stereocenters. The van der Waals surface area contributed by atoms with Crippen molar-refractivity contribution in [1.82, 2.24) is 43.5 Å². The molecule has 0 N–H and O–H groups in total. The number of pyridine rings is 1. The lowest BCUT2D eigenvalue weighted by atomic mass is 9.98. The van der Waals surface area contributed by atoms with Gasteiger partial charge in [0.25, 0.3) is 0 Å². The molecule has 1 aliphatic heterocycles. The van der Waals surface area contributed by atoms with Crippen LogP contribution in [-0.4, -0.2) is 63.5 Å². The van der Waals surface area contributed by atoms with Gasteiger partial charge in [-0.25, -0.2) is 32.6 Å². The zero-order chi connectivity index (χ0) is 85.3. The highest BCUT2D eigenvalue weighted by atomic mass is 32.2. The molecule has 8 heterocycles. The number of thiazole rings is 1. The molecule has 7 aromatic heterocycles. The molecular formula is C99H75F8N9O4S2. The third kappa shape index (κ3) is 16.6. The van der Waals surface area contributed by atoms with Crippen molar-refractivity contribution in [2.24, 2.45) is 0 Å². The van der Waals surface area contributed by atoms with Gasteiger partial charge < -0.3 is 13.9 Å². The SMILES string of the molecule is CC(=O)c1cccn2c(-c3ccc(F)cc3)c(-c3ccc(C)cc3)nc12.COc1ccc2c(c1F)CSc1c(C(F)(F)F)nn(-c3ccc(C)cc3)c1-2.COc1ccc2c(ccc3c(C(F)(F)F)nn(-c4ccc(C)cc4)c32)c1.Cc1ccc(-c2oc3ccccc3c2-c2ccccc2)cc1.Cc1ccc(-c2sc3ncnn3c2-c2ccccc2)cc1. The van der Waals surface area contributed by atoms with E-state index >= 15 is 0 Å². The van der Waals surface area contributed by atoms with Gasteiger partial charge in [-0.05, 0) is 161 Å². The van der Waals surface area contributed by atoms with Crippen LogP contribution in [0.5, 0.6) is 11.5 Å². The van der Waals surface area contributed by atoms with Crippen LogP contribution in [0.3, 0.4) is 0 Å². The molecule has 0 aliphatic carbocycles. The van der Waals surface area contributed by atoms with E-state index in [9.17, 15) is 39.9 Å². The molecule has 1 aliphatic rings. The first-order valence-corrected chi connectivity index (χ1v) is 40.5. The van der Waals surface area contributed by atoms with Gasteiger partial charge in [0.2, 0.25) is 4.96 Å². The van der Waals surface area contributed by atoms with E-state index in [0.717, 1.165) is 94.9 Å². The van der Waals surface area contributed by atoms with Gasteiger partial charge in [-0.3, -0.25) is 9.20 Å². The molecule has 0 amide bonds. The fourth-order valence-electron chi connectivity index (χ4n) is 14.6. The third-order valence-corrected chi connectivity index (χ3v) is 23.0. The van der Waals surface area contributed by atoms with Crippen LogP contribution in [-0.2, 0) is 18.1 Å². The summed E-state index contributed by atoms with van der Waals surface area (Å²) >= 11 is 2.61. The average molecular weight is 1670 g/mol. The van der Waals surface area contributed by atoms with Gasteiger partial charge in [-0.15, -0.1) is 11.8 Å². The topological polar surface area (TPSA) is 132 Å². The molecule has 0 radical (unpaired) electrons. The Balaban J connectivity index is 0.000000113. The number of furan rings is 1. The minimum Gasteiger partial charge on any atom is -0.497 e. The van der Waals surface area contributed by atoms with Crippen LogP contribution in [0, 0.1) is 46.3 Å². The number of benzene rings is 12. The van der Waals surface area contributed by atoms with Crippen molar-refractivity contribution in [3.8, 4) is 101 Å². The Morgan fingerprint density at radius 2 is 1.05 bits per heavy atom. The fraction of sp³-hybridized carbons (Fsp3) is 0.111. The highest BCUT2D eigenvalue weighted by Crippen LogP contribution is 2.51. The number of nitrogens with zero attached hydrogens (tertiary/aromatic N) is 9. The Morgan fingerprint density at radius 1 is 0.500 bits per heavy atom. The molecule has 0 saturated carbocycles. The van der Waals surface area contributed by atoms with E-state index in [4.69, 9.17) is 18.9 Å². The zero-order valence-electron chi connectivity index (χ0n) is 67.0. The van der Waals surface area contributed by atoms with Crippen LogP contribution in [0.15, 0.2) is 307 Å². The van der Waals surface area contributed by atoms with Crippen LogP contribution in [0.2, 0.25) is 0 Å². The lowest BCUT2D eigenvalue weighted by molar-refractivity contribution is -0.143. The Bertz CT molecular complexity index is 7020. The number of rotatable bonds is 11. The zero-order valence-corrected chi connectivity index (χ0v) is 68.6. The first-order valence-electron chi connectivity index (χ1n) is 38.7. The van der Waals surface area contributed by atoms with E-state index in [-0.39, 0.29) is 39.1 Å². The molecular weight excluding hydrogens is 1600 g/mol. The maximum Gasteiger partial charge on any atom is 0.436 e. The van der Waals surface area contributed by atoms with Gasteiger partial charge in [0.05, 0.1) is 69.2 Å². The number of hydrogen-bond acceptors (Lipinski definition) is 11. The Morgan fingerprint density at radius 3 is 1.66 bits per heavy atom. The summed E-state index contributed by atoms with van der Waals surface area (Å²) in [6, 6.07) is 89.8. The number of thioether (sulfide) groups is 1. The van der Waals surface area contributed by atoms with Gasteiger partial charge in [0, 0.05) is 67.1 Å². The van der Waals surface area contributed by atoms with Crippen molar-refractivity contribution in [3.05, 3.63) is 360 Å². The lowest BCUT2D eigenvalue weighted by Crippen LogP contribution is -2.08. The van der Waals surface area contributed by atoms with Crippen LogP contribution >= 0.6 is 23.1 Å². The standard InChI is InChI=1S/C22H17FN2O.C21H16O.C20H15F3N2O.C19H14F4N2OS.C17H13N3S/c1-14-5-7-16(8-6-14)20-21(17-9-11-18(23)12-10-17)25-13-3-4-19(15(2)26)22(25)24-20;1-15-11-13-17(14-12-15)21-20(16-7-3-2-4-8-16)18-9-5-6-10-19(18)22-21;1-12-3-6-14(7-4-12)25-18-16-10-8-15(26-2)11-13(16)5-9-17(18)19(24-25)20(21,22)23;1-10-3-5-11(6-4-10)25-16-12-7-8-14(26-2)15(20)13(12)9-27-17(16)18(24-25)19(21,22)23;1-12-7-9-14(10-8-12)16-15(13-5-3-2-4-6-13)20-17(21-16)18-11-19-20/h3-13H,1-2H3;2-14H,1H3;3-11H,1-2H3;3-8H,9H2,1-2H3;2-11H,1H3. The van der Waals surface area contributed by atoms with Crippen molar-refractivity contribution in [2.45, 2.75) is 64.5 Å². The molecule has 13 nitrogen and oxygen atoms in total. The van der Waals surface area contributed by atoms with Crippen molar-refractivity contribution in [3.63, 3.8) is 0 Å². The number of aryl methyl sites for hydroxylation is 5. The Hall–Kier alpha value is -14.0. The minimum absolute atomic E-state index is 0.0140. The maximum atomic E-state index is 14.7. The van der Waals surface area contributed by atoms with Gasteiger partial charge >= 0.3 is 12.4 Å². The molecule has 20 rings (SSSR count). The highest BCUT2D eigenvalue weighted by molar-refractivity contribution is 7.98. The van der Waals surface area contributed by atoms with Crippen LogP contribution < -0.4 is 9.47 Å². The molecule has 0 spiro atoms. The second-order valence-electron chi connectivity index (χ2n) is 29.2. The number of ketones is 1.